The average molecular weight is 521 g/mol. The Labute approximate surface area is 200 Å². The molecule has 1 heterocycles. The molecule has 1 spiro atoms. The smallest absolute Gasteiger partial charge is 0.254 e. The number of alkyl halides is 1. The lowest BCUT2D eigenvalue weighted by Crippen LogP contribution is -2.54. The van der Waals surface area contributed by atoms with Crippen molar-refractivity contribution in [1.29, 1.82) is 0 Å². The van der Waals surface area contributed by atoms with Crippen LogP contribution in [0.3, 0.4) is 0 Å². The first-order valence-corrected chi connectivity index (χ1v) is 14.5. The van der Waals surface area contributed by atoms with Crippen LogP contribution >= 0.6 is 11.6 Å². The third-order valence-corrected chi connectivity index (χ3v) is 11.7. The van der Waals surface area contributed by atoms with Crippen LogP contribution in [0, 0.1) is 16.7 Å². The highest BCUT2D eigenvalue weighted by Crippen LogP contribution is 2.70. The van der Waals surface area contributed by atoms with Crippen LogP contribution in [-0.4, -0.2) is 50.6 Å². The second kappa shape index (κ2) is 7.63. The molecule has 3 fully saturated rings. The van der Waals surface area contributed by atoms with Crippen molar-refractivity contribution in [3.8, 4) is 0 Å². The van der Waals surface area contributed by atoms with Gasteiger partial charge in [-0.2, -0.15) is 4.72 Å². The van der Waals surface area contributed by atoms with Gasteiger partial charge < -0.3 is 0 Å². The summed E-state index contributed by atoms with van der Waals surface area (Å²) in [5.74, 6) is -0.770. The van der Waals surface area contributed by atoms with Gasteiger partial charge in [0.2, 0.25) is 20.0 Å². The monoisotopic (exact) mass is 520 g/mol. The molecule has 1 aliphatic heterocycles. The molecule has 3 aliphatic rings. The fourth-order valence-corrected chi connectivity index (χ4v) is 10.2. The lowest BCUT2D eigenvalue weighted by molar-refractivity contribution is -0.131. The van der Waals surface area contributed by atoms with Crippen LogP contribution in [0.2, 0.25) is 5.02 Å². The van der Waals surface area contributed by atoms with Crippen LogP contribution in [-0.2, 0) is 24.8 Å². The van der Waals surface area contributed by atoms with Gasteiger partial charge >= 0.3 is 0 Å². The van der Waals surface area contributed by atoms with Crippen molar-refractivity contribution in [1.82, 2.24) is 9.03 Å². The Morgan fingerprint density at radius 1 is 1.30 bits per heavy atom. The molecule has 4 atom stereocenters. The van der Waals surface area contributed by atoms with E-state index in [4.69, 9.17) is 11.6 Å². The molecule has 2 aliphatic carbocycles. The predicted molar refractivity (Wildman–Crippen MR) is 123 cm³/mol. The predicted octanol–water partition coefficient (Wildman–Crippen LogP) is 3.49. The number of benzene rings is 1. The summed E-state index contributed by atoms with van der Waals surface area (Å²) in [4.78, 5) is 13.5. The van der Waals surface area contributed by atoms with Crippen molar-refractivity contribution >= 4 is 37.6 Å². The molecule has 1 amide bonds. The van der Waals surface area contributed by atoms with Gasteiger partial charge in [-0.25, -0.2) is 25.5 Å². The minimum Gasteiger partial charge on any atom is -0.272 e. The zero-order chi connectivity index (χ0) is 24.6. The lowest BCUT2D eigenvalue weighted by Gasteiger charge is -2.37. The summed E-state index contributed by atoms with van der Waals surface area (Å²) in [6.07, 6.45) is 1.66. The second-order valence-electron chi connectivity index (χ2n) is 10.8. The zero-order valence-corrected chi connectivity index (χ0v) is 21.5. The normalized spacial score (nSPS) is 30.9. The van der Waals surface area contributed by atoms with Crippen LogP contribution in [0.15, 0.2) is 29.2 Å². The molecule has 0 radical (unpaired) electrons. The molecule has 1 aromatic rings. The molecule has 2 saturated carbocycles. The summed E-state index contributed by atoms with van der Waals surface area (Å²) >= 11 is 5.84. The number of carbonyl (C=O) groups excluding carboxylic acids is 1. The number of hydrogen-bond donors (Lipinski definition) is 1. The number of sulfonamides is 2. The molecule has 4 rings (SSSR count). The van der Waals surface area contributed by atoms with Crippen molar-refractivity contribution in [3.63, 3.8) is 0 Å². The third kappa shape index (κ3) is 4.00. The van der Waals surface area contributed by atoms with E-state index in [9.17, 15) is 26.0 Å². The first kappa shape index (κ1) is 24.9. The Balaban J connectivity index is 1.70. The molecule has 1 aromatic carbocycles. The van der Waals surface area contributed by atoms with E-state index in [0.717, 1.165) is 10.7 Å². The van der Waals surface area contributed by atoms with E-state index >= 15 is 0 Å². The molecular weight excluding hydrogens is 491 g/mol. The Morgan fingerprint density at radius 3 is 2.45 bits per heavy atom. The Kier molecular flexibility index (Phi) is 5.76. The number of nitrogens with zero attached hydrogens (tertiary/aromatic N) is 1. The quantitative estimate of drug-likeness (QED) is 0.618. The fraction of sp³-hybridized carbons (Fsp3) is 0.682. The van der Waals surface area contributed by atoms with Crippen molar-refractivity contribution < 1.29 is 26.0 Å². The summed E-state index contributed by atoms with van der Waals surface area (Å²) < 4.78 is 70.3. The number of amides is 1. The molecule has 2 bridgehead atoms. The van der Waals surface area contributed by atoms with E-state index in [1.807, 2.05) is 0 Å². The first-order chi connectivity index (χ1) is 15.0. The molecule has 1 N–H and O–H groups in total. The van der Waals surface area contributed by atoms with E-state index in [0.29, 0.717) is 17.9 Å². The molecule has 33 heavy (non-hydrogen) atoms. The molecule has 1 saturated heterocycles. The Bertz CT molecular complexity index is 1180. The number of nitrogens with one attached hydrogen (secondary N) is 1. The van der Waals surface area contributed by atoms with E-state index < -0.39 is 55.5 Å². The van der Waals surface area contributed by atoms with Gasteiger partial charge in [-0.3, -0.25) is 4.79 Å². The van der Waals surface area contributed by atoms with Crippen LogP contribution in [0.5, 0.6) is 0 Å². The van der Waals surface area contributed by atoms with E-state index in [-0.39, 0.29) is 22.0 Å². The minimum atomic E-state index is -4.24. The number of fused-ring (bicyclic) bond motifs is 1. The van der Waals surface area contributed by atoms with Gasteiger partial charge in [0.1, 0.15) is 11.7 Å². The van der Waals surface area contributed by atoms with Gasteiger partial charge in [-0.05, 0) is 68.7 Å². The van der Waals surface area contributed by atoms with Crippen LogP contribution in [0.1, 0.15) is 53.4 Å². The van der Waals surface area contributed by atoms with E-state index in [1.165, 1.54) is 38.1 Å². The lowest BCUT2D eigenvalue weighted by atomic mass is 9.69. The summed E-state index contributed by atoms with van der Waals surface area (Å²) in [5.41, 5.74) is -2.73. The highest BCUT2D eigenvalue weighted by molar-refractivity contribution is 7.90. The Hall–Kier alpha value is -1.23. The van der Waals surface area contributed by atoms with Gasteiger partial charge in [0.25, 0.3) is 5.91 Å². The van der Waals surface area contributed by atoms with Crippen molar-refractivity contribution in [2.24, 2.45) is 16.7 Å². The topological polar surface area (TPSA) is 101 Å². The van der Waals surface area contributed by atoms with Gasteiger partial charge in [-0.1, -0.05) is 25.4 Å². The first-order valence-electron chi connectivity index (χ1n) is 11.0. The second-order valence-corrected chi connectivity index (χ2v) is 14.8. The maximum absolute atomic E-state index is 14.7. The Morgan fingerprint density at radius 2 is 1.91 bits per heavy atom. The maximum atomic E-state index is 14.7. The maximum Gasteiger partial charge on any atom is 0.254 e. The van der Waals surface area contributed by atoms with Gasteiger partial charge in [0.05, 0.1) is 16.7 Å². The van der Waals surface area contributed by atoms with Gasteiger partial charge in [-0.15, -0.1) is 0 Å². The standard InChI is InChI=1S/C22H30ClFN2O5S2/c1-20(2,24)12-17(25-33(30,31)16-7-5-15(23)6-8-16)19(27)26-18-11-14-9-10-22(18,21(14,3)4)13-32(26,28)29/h5-8,14,17-18,25H,9-13H2,1-4H3/t14?,17-,18?,22?/m1/s1. The summed E-state index contributed by atoms with van der Waals surface area (Å²) in [5, 5.41) is 0.332. The minimum absolute atomic E-state index is 0.143. The average Bonchev–Trinajstić information content (AvgIpc) is 3.13. The molecule has 7 nitrogen and oxygen atoms in total. The van der Waals surface area contributed by atoms with Gasteiger partial charge in [0.15, 0.2) is 0 Å². The third-order valence-electron chi connectivity index (χ3n) is 8.04. The number of rotatable bonds is 6. The van der Waals surface area contributed by atoms with Crippen LogP contribution < -0.4 is 4.72 Å². The molecule has 0 aromatic heterocycles. The van der Waals surface area contributed by atoms with Crippen molar-refractivity contribution in [2.75, 3.05) is 5.75 Å². The highest BCUT2D eigenvalue weighted by atomic mass is 35.5. The largest absolute Gasteiger partial charge is 0.272 e. The molecule has 3 unspecified atom stereocenters. The number of halogens is 2. The van der Waals surface area contributed by atoms with Crippen LogP contribution in [0.4, 0.5) is 4.39 Å². The summed E-state index contributed by atoms with van der Waals surface area (Å²) in [6, 6.07) is 3.21. The molecular formula is C22H30ClFN2O5S2. The van der Waals surface area contributed by atoms with Crippen molar-refractivity contribution in [3.05, 3.63) is 29.3 Å². The van der Waals surface area contributed by atoms with Gasteiger partial charge in [0, 0.05) is 16.9 Å². The number of hydrogen-bond acceptors (Lipinski definition) is 5. The highest BCUT2D eigenvalue weighted by Gasteiger charge is 2.72. The summed E-state index contributed by atoms with van der Waals surface area (Å²) in [6.45, 7) is 6.56. The van der Waals surface area contributed by atoms with E-state index in [1.54, 1.807) is 0 Å². The molecule has 184 valence electrons. The summed E-state index contributed by atoms with van der Waals surface area (Å²) in [7, 11) is -8.21. The zero-order valence-electron chi connectivity index (χ0n) is 19.1. The van der Waals surface area contributed by atoms with Crippen LogP contribution in [0.25, 0.3) is 0 Å². The molecule has 11 heteroatoms. The SMILES string of the molecule is CC(C)(F)C[C@@H](NS(=O)(=O)c1ccc(Cl)cc1)C(=O)N1C2CC3CCC2(CS1(=O)=O)C3(C)C. The van der Waals surface area contributed by atoms with E-state index in [2.05, 4.69) is 18.6 Å². The fourth-order valence-electron chi connectivity index (χ4n) is 6.27. The number of carbonyl (C=O) groups is 1. The van der Waals surface area contributed by atoms with Crippen molar-refractivity contribution in [2.45, 2.75) is 76.0 Å².